The maximum absolute atomic E-state index is 13.3. The molecule has 1 amide bonds. The van der Waals surface area contributed by atoms with Crippen LogP contribution in [0.3, 0.4) is 0 Å². The van der Waals surface area contributed by atoms with Gasteiger partial charge in [0, 0.05) is 30.9 Å². The van der Waals surface area contributed by atoms with E-state index in [1.54, 1.807) is 41.0 Å². The second-order valence-electron chi connectivity index (χ2n) is 5.08. The summed E-state index contributed by atoms with van der Waals surface area (Å²) in [4.78, 5) is 26.8. The summed E-state index contributed by atoms with van der Waals surface area (Å²) in [5.74, 6) is -0.497. The minimum absolute atomic E-state index is 0.187. The van der Waals surface area contributed by atoms with Gasteiger partial charge < -0.3 is 4.90 Å². The summed E-state index contributed by atoms with van der Waals surface area (Å²) >= 11 is 1.35. The van der Waals surface area contributed by atoms with Gasteiger partial charge in [-0.2, -0.15) is 0 Å². The topological polar surface area (TPSA) is 59.0 Å². The number of thiazole rings is 1. The van der Waals surface area contributed by atoms with Gasteiger partial charge in [-0.15, -0.1) is 11.3 Å². The molecule has 0 saturated carbocycles. The average molecular weight is 342 g/mol. The molecule has 3 rings (SSSR count). The second kappa shape index (κ2) is 7.27. The summed E-state index contributed by atoms with van der Waals surface area (Å²) in [6, 6.07) is 6.25. The number of hydrogen-bond donors (Lipinski definition) is 0. The number of benzene rings is 1. The van der Waals surface area contributed by atoms with E-state index in [2.05, 4.69) is 15.0 Å². The first-order valence-electron chi connectivity index (χ1n) is 7.43. The Morgan fingerprint density at radius 3 is 2.92 bits per heavy atom. The van der Waals surface area contributed by atoms with Crippen molar-refractivity contribution >= 4 is 17.2 Å². The largest absolute Gasteiger partial charge is 0.333 e. The van der Waals surface area contributed by atoms with Crippen molar-refractivity contribution in [2.45, 2.75) is 13.5 Å². The fourth-order valence-corrected chi connectivity index (χ4v) is 3.00. The van der Waals surface area contributed by atoms with Crippen LogP contribution < -0.4 is 0 Å². The molecule has 0 fully saturated rings. The predicted molar refractivity (Wildman–Crippen MR) is 90.0 cm³/mol. The molecule has 2 heterocycles. The van der Waals surface area contributed by atoms with Crippen LogP contribution in [0.1, 0.15) is 23.0 Å². The maximum Gasteiger partial charge on any atom is 0.273 e. The first kappa shape index (κ1) is 16.2. The Balaban J connectivity index is 1.78. The van der Waals surface area contributed by atoms with E-state index in [1.165, 1.54) is 23.5 Å². The normalized spacial score (nSPS) is 10.6. The van der Waals surface area contributed by atoms with Crippen molar-refractivity contribution in [1.29, 1.82) is 0 Å². The lowest BCUT2D eigenvalue weighted by atomic mass is 10.2. The highest BCUT2D eigenvalue weighted by Gasteiger charge is 2.18. The van der Waals surface area contributed by atoms with Crippen molar-refractivity contribution in [3.8, 4) is 10.7 Å². The Morgan fingerprint density at radius 2 is 2.21 bits per heavy atom. The molecule has 3 aromatic rings. The van der Waals surface area contributed by atoms with Crippen molar-refractivity contribution in [2.24, 2.45) is 0 Å². The first-order valence-corrected chi connectivity index (χ1v) is 8.31. The molecule has 0 saturated heterocycles. The third kappa shape index (κ3) is 3.62. The average Bonchev–Trinajstić information content (AvgIpc) is 3.10. The zero-order chi connectivity index (χ0) is 16.9. The molecule has 0 unspecified atom stereocenters. The Bertz CT molecular complexity index is 837. The molecule has 24 heavy (non-hydrogen) atoms. The highest BCUT2D eigenvalue weighted by molar-refractivity contribution is 7.13. The molecule has 2 aromatic heterocycles. The number of halogens is 1. The lowest BCUT2D eigenvalue weighted by Crippen LogP contribution is -2.30. The van der Waals surface area contributed by atoms with Crippen molar-refractivity contribution in [3.05, 3.63) is 65.3 Å². The highest BCUT2D eigenvalue weighted by atomic mass is 32.1. The van der Waals surface area contributed by atoms with Gasteiger partial charge in [0.1, 0.15) is 22.2 Å². The van der Waals surface area contributed by atoms with Crippen LogP contribution in [0.2, 0.25) is 0 Å². The molecular weight excluding hydrogens is 327 g/mol. The van der Waals surface area contributed by atoms with Gasteiger partial charge in [-0.3, -0.25) is 14.8 Å². The SMILES string of the molecule is CCN(Cc1cccc(F)c1)C(=O)c1csc(-c2cnccn2)n1. The van der Waals surface area contributed by atoms with Gasteiger partial charge in [0.15, 0.2) is 0 Å². The Labute approximate surface area is 142 Å². The fourth-order valence-electron chi connectivity index (χ4n) is 2.24. The van der Waals surface area contributed by atoms with Gasteiger partial charge in [0.05, 0.1) is 6.20 Å². The first-order chi connectivity index (χ1) is 11.7. The highest BCUT2D eigenvalue weighted by Crippen LogP contribution is 2.22. The summed E-state index contributed by atoms with van der Waals surface area (Å²) in [6.45, 7) is 2.73. The number of amides is 1. The van der Waals surface area contributed by atoms with E-state index in [1.807, 2.05) is 6.92 Å². The van der Waals surface area contributed by atoms with Crippen LogP contribution in [0, 0.1) is 5.82 Å². The maximum atomic E-state index is 13.3. The minimum Gasteiger partial charge on any atom is -0.333 e. The van der Waals surface area contributed by atoms with Crippen molar-refractivity contribution < 1.29 is 9.18 Å². The Kier molecular flexibility index (Phi) is 4.90. The summed E-state index contributed by atoms with van der Waals surface area (Å²) in [5, 5.41) is 2.36. The van der Waals surface area contributed by atoms with Crippen LogP contribution in [0.4, 0.5) is 4.39 Å². The van der Waals surface area contributed by atoms with E-state index in [0.29, 0.717) is 29.5 Å². The molecule has 0 aliphatic heterocycles. The zero-order valence-electron chi connectivity index (χ0n) is 13.0. The van der Waals surface area contributed by atoms with Crippen molar-refractivity contribution in [3.63, 3.8) is 0 Å². The molecule has 0 bridgehead atoms. The monoisotopic (exact) mass is 342 g/mol. The lowest BCUT2D eigenvalue weighted by Gasteiger charge is -2.20. The molecular formula is C17H15FN4OS. The molecule has 122 valence electrons. The number of hydrogen-bond acceptors (Lipinski definition) is 5. The van der Waals surface area contributed by atoms with Crippen LogP contribution in [-0.2, 0) is 6.54 Å². The van der Waals surface area contributed by atoms with E-state index >= 15 is 0 Å². The molecule has 0 aliphatic carbocycles. The zero-order valence-corrected chi connectivity index (χ0v) is 13.8. The van der Waals surface area contributed by atoms with Crippen molar-refractivity contribution in [2.75, 3.05) is 6.54 Å². The van der Waals surface area contributed by atoms with Gasteiger partial charge in [-0.05, 0) is 24.6 Å². The van der Waals surface area contributed by atoms with Crippen LogP contribution in [0.15, 0.2) is 48.2 Å². The predicted octanol–water partition coefficient (Wildman–Crippen LogP) is 3.40. The minimum atomic E-state index is -0.311. The molecule has 1 aromatic carbocycles. The van der Waals surface area contributed by atoms with E-state index in [0.717, 1.165) is 5.56 Å². The van der Waals surface area contributed by atoms with E-state index in [4.69, 9.17) is 0 Å². The van der Waals surface area contributed by atoms with Gasteiger partial charge in [-0.1, -0.05) is 12.1 Å². The van der Waals surface area contributed by atoms with Gasteiger partial charge in [0.25, 0.3) is 5.91 Å². The van der Waals surface area contributed by atoms with E-state index in [-0.39, 0.29) is 11.7 Å². The summed E-state index contributed by atoms with van der Waals surface area (Å²) in [7, 11) is 0. The quantitative estimate of drug-likeness (QED) is 0.713. The number of nitrogens with zero attached hydrogens (tertiary/aromatic N) is 4. The van der Waals surface area contributed by atoms with E-state index < -0.39 is 0 Å². The molecule has 7 heteroatoms. The van der Waals surface area contributed by atoms with Gasteiger partial charge in [0.2, 0.25) is 0 Å². The smallest absolute Gasteiger partial charge is 0.273 e. The second-order valence-corrected chi connectivity index (χ2v) is 5.94. The molecule has 5 nitrogen and oxygen atoms in total. The van der Waals surface area contributed by atoms with Gasteiger partial charge >= 0.3 is 0 Å². The molecule has 0 radical (unpaired) electrons. The van der Waals surface area contributed by atoms with Crippen molar-refractivity contribution in [1.82, 2.24) is 19.9 Å². The standard InChI is InChI=1S/C17H15FN4OS/c1-2-22(10-12-4-3-5-13(18)8-12)17(23)15-11-24-16(21-15)14-9-19-6-7-20-14/h3-9,11H,2,10H2,1H3. The van der Waals surface area contributed by atoms with Crippen LogP contribution in [-0.4, -0.2) is 32.3 Å². The molecule has 0 N–H and O–H groups in total. The number of aromatic nitrogens is 3. The van der Waals surface area contributed by atoms with Gasteiger partial charge in [-0.25, -0.2) is 9.37 Å². The number of rotatable bonds is 5. The Morgan fingerprint density at radius 1 is 1.33 bits per heavy atom. The number of carbonyl (C=O) groups is 1. The third-order valence-electron chi connectivity index (χ3n) is 3.44. The lowest BCUT2D eigenvalue weighted by molar-refractivity contribution is 0.0747. The third-order valence-corrected chi connectivity index (χ3v) is 4.30. The van der Waals surface area contributed by atoms with Crippen LogP contribution >= 0.6 is 11.3 Å². The summed E-state index contributed by atoms with van der Waals surface area (Å²) < 4.78 is 13.3. The Hall–Kier alpha value is -2.67. The molecule has 0 atom stereocenters. The van der Waals surface area contributed by atoms with Crippen LogP contribution in [0.5, 0.6) is 0 Å². The number of carbonyl (C=O) groups excluding carboxylic acids is 1. The van der Waals surface area contributed by atoms with Crippen LogP contribution in [0.25, 0.3) is 10.7 Å². The molecule has 0 spiro atoms. The van der Waals surface area contributed by atoms with E-state index in [9.17, 15) is 9.18 Å². The summed E-state index contributed by atoms with van der Waals surface area (Å²) in [6.07, 6.45) is 4.78. The molecule has 0 aliphatic rings. The summed E-state index contributed by atoms with van der Waals surface area (Å²) in [5.41, 5.74) is 1.74. The fraction of sp³-hybridized carbons (Fsp3) is 0.176.